The highest BCUT2D eigenvalue weighted by Crippen LogP contribution is 2.42. The van der Waals surface area contributed by atoms with Gasteiger partial charge >= 0.3 is 0 Å². The Labute approximate surface area is 330 Å². The molecule has 266 valence electrons. The van der Waals surface area contributed by atoms with Gasteiger partial charge in [-0.2, -0.15) is 0 Å². The van der Waals surface area contributed by atoms with Crippen molar-refractivity contribution in [3.05, 3.63) is 182 Å². The Bertz CT molecular complexity index is 3470. The summed E-state index contributed by atoms with van der Waals surface area (Å²) < 4.78 is 11.5. The fourth-order valence-corrected chi connectivity index (χ4v) is 9.61. The number of furan rings is 1. The number of thiophene rings is 1. The minimum Gasteiger partial charge on any atom is -0.456 e. The molecule has 57 heavy (non-hydrogen) atoms. The lowest BCUT2D eigenvalue weighted by molar-refractivity contribution is 0.669. The fraction of sp³-hybridized carbons (Fsp3) is 0. The number of nitrogens with zero attached hydrogens (tertiary/aromatic N) is 4. The summed E-state index contributed by atoms with van der Waals surface area (Å²) in [4.78, 5) is 15.1. The molecule has 0 spiro atoms. The highest BCUT2D eigenvalue weighted by atomic mass is 32.1. The third-order valence-corrected chi connectivity index (χ3v) is 12.3. The first-order valence-corrected chi connectivity index (χ1v) is 19.8. The normalized spacial score (nSPS) is 11.9. The van der Waals surface area contributed by atoms with Gasteiger partial charge in [-0.1, -0.05) is 115 Å². The number of benzene rings is 8. The zero-order chi connectivity index (χ0) is 37.5. The molecule has 0 atom stereocenters. The van der Waals surface area contributed by atoms with Crippen molar-refractivity contribution in [1.82, 2.24) is 19.5 Å². The lowest BCUT2D eigenvalue weighted by Crippen LogP contribution is -2.00. The summed E-state index contributed by atoms with van der Waals surface area (Å²) in [5.41, 5.74) is 10.1. The van der Waals surface area contributed by atoms with Crippen LogP contribution in [0.2, 0.25) is 0 Å². The van der Waals surface area contributed by atoms with Crippen LogP contribution in [0.1, 0.15) is 0 Å². The lowest BCUT2D eigenvalue weighted by Gasteiger charge is -2.11. The van der Waals surface area contributed by atoms with Crippen LogP contribution in [0.15, 0.2) is 186 Å². The van der Waals surface area contributed by atoms with Crippen molar-refractivity contribution >= 4 is 75.3 Å². The predicted molar refractivity (Wildman–Crippen MR) is 236 cm³/mol. The summed E-state index contributed by atoms with van der Waals surface area (Å²) in [7, 11) is 0. The van der Waals surface area contributed by atoms with Crippen LogP contribution in [-0.4, -0.2) is 19.5 Å². The molecule has 0 saturated heterocycles. The number of aromatic nitrogens is 4. The second-order valence-corrected chi connectivity index (χ2v) is 15.4. The molecule has 0 aliphatic carbocycles. The smallest absolute Gasteiger partial charge is 0.164 e. The number of hydrogen-bond donors (Lipinski definition) is 0. The first-order chi connectivity index (χ1) is 28.2. The average molecular weight is 747 g/mol. The third-order valence-electron chi connectivity index (χ3n) is 11.1. The van der Waals surface area contributed by atoms with Crippen LogP contribution in [0, 0.1) is 0 Å². The molecule has 0 fully saturated rings. The van der Waals surface area contributed by atoms with E-state index in [-0.39, 0.29) is 0 Å². The van der Waals surface area contributed by atoms with Crippen molar-refractivity contribution < 1.29 is 4.42 Å². The Morgan fingerprint density at radius 1 is 0.386 bits per heavy atom. The SMILES string of the molecule is c1ccc(-c2nc(-c3ccc(-n4c5ccccc5c5ccccc54)cc3)nc(-c3ccc4c(c3)oc3cc(-c5cccc6c5sc5ccccc56)ccc34)n2)cc1. The standard InChI is InChI=1S/C51H30N4OS/c1-2-11-31(12-3-1)49-52-50(32-21-25-35(26-22-32)55-43-18-7-4-13-37(43)38-14-5-8-19-44(38)55)54-51(53-49)34-24-28-40-39-27-23-33(29-45(39)56-46(40)30-34)36-16-10-17-42-41-15-6-9-20-47(41)57-48(36)42/h1-30H. The molecule has 0 N–H and O–H groups in total. The summed E-state index contributed by atoms with van der Waals surface area (Å²) in [6.07, 6.45) is 0. The Balaban J connectivity index is 0.953. The van der Waals surface area contributed by atoms with E-state index in [0.29, 0.717) is 17.5 Å². The van der Waals surface area contributed by atoms with Gasteiger partial charge in [-0.15, -0.1) is 11.3 Å². The molecule has 12 aromatic rings. The van der Waals surface area contributed by atoms with Crippen LogP contribution in [-0.2, 0) is 0 Å². The molecule has 5 nitrogen and oxygen atoms in total. The topological polar surface area (TPSA) is 56.7 Å². The molecule has 0 saturated carbocycles. The van der Waals surface area contributed by atoms with Gasteiger partial charge in [0, 0.05) is 64.1 Å². The number of hydrogen-bond acceptors (Lipinski definition) is 5. The molecule has 0 unspecified atom stereocenters. The molecule has 8 aromatic carbocycles. The van der Waals surface area contributed by atoms with Crippen molar-refractivity contribution in [1.29, 1.82) is 0 Å². The molecule has 4 aromatic heterocycles. The van der Waals surface area contributed by atoms with Gasteiger partial charge in [-0.25, -0.2) is 15.0 Å². The quantitative estimate of drug-likeness (QED) is 0.176. The maximum atomic E-state index is 6.62. The Morgan fingerprint density at radius 2 is 0.912 bits per heavy atom. The van der Waals surface area contributed by atoms with Gasteiger partial charge in [0.25, 0.3) is 0 Å². The molecule has 12 rings (SSSR count). The molecule has 0 aliphatic heterocycles. The molecule has 0 bridgehead atoms. The molecular weight excluding hydrogens is 717 g/mol. The molecular formula is C51H30N4OS. The molecule has 0 amide bonds. The van der Waals surface area contributed by atoms with E-state index in [4.69, 9.17) is 19.4 Å². The van der Waals surface area contributed by atoms with Gasteiger partial charge in [0.1, 0.15) is 11.2 Å². The van der Waals surface area contributed by atoms with Crippen molar-refractivity contribution in [2.75, 3.05) is 0 Å². The van der Waals surface area contributed by atoms with Gasteiger partial charge in [0.2, 0.25) is 0 Å². The van der Waals surface area contributed by atoms with Crippen molar-refractivity contribution in [3.63, 3.8) is 0 Å². The van der Waals surface area contributed by atoms with Crippen molar-refractivity contribution in [3.8, 4) is 51.0 Å². The van der Waals surface area contributed by atoms with Gasteiger partial charge in [0.15, 0.2) is 17.5 Å². The summed E-state index contributed by atoms with van der Waals surface area (Å²) in [5.74, 6) is 1.81. The molecule has 6 heteroatoms. The number of fused-ring (bicyclic) bond motifs is 9. The molecule has 4 heterocycles. The van der Waals surface area contributed by atoms with E-state index >= 15 is 0 Å². The van der Waals surface area contributed by atoms with Crippen molar-refractivity contribution in [2.24, 2.45) is 0 Å². The summed E-state index contributed by atoms with van der Waals surface area (Å²) >= 11 is 1.84. The second kappa shape index (κ2) is 12.6. The summed E-state index contributed by atoms with van der Waals surface area (Å²) in [6.45, 7) is 0. The van der Waals surface area contributed by atoms with E-state index in [2.05, 4.69) is 156 Å². The Morgan fingerprint density at radius 3 is 1.61 bits per heavy atom. The predicted octanol–water partition coefficient (Wildman–Crippen LogP) is 13.9. The molecule has 0 radical (unpaired) electrons. The van der Waals surface area contributed by atoms with Gasteiger partial charge in [0.05, 0.1) is 11.0 Å². The van der Waals surface area contributed by atoms with Gasteiger partial charge in [-0.05, 0) is 77.9 Å². The van der Waals surface area contributed by atoms with E-state index < -0.39 is 0 Å². The van der Waals surface area contributed by atoms with Crippen LogP contribution < -0.4 is 0 Å². The van der Waals surface area contributed by atoms with Gasteiger partial charge < -0.3 is 8.98 Å². The maximum absolute atomic E-state index is 6.62. The minimum absolute atomic E-state index is 0.588. The highest BCUT2D eigenvalue weighted by Gasteiger charge is 2.17. The van der Waals surface area contributed by atoms with Crippen LogP contribution in [0.5, 0.6) is 0 Å². The largest absolute Gasteiger partial charge is 0.456 e. The van der Waals surface area contributed by atoms with E-state index in [1.807, 2.05) is 41.7 Å². The number of rotatable bonds is 5. The fourth-order valence-electron chi connectivity index (χ4n) is 8.37. The van der Waals surface area contributed by atoms with E-state index in [1.165, 1.54) is 47.5 Å². The van der Waals surface area contributed by atoms with E-state index in [0.717, 1.165) is 49.9 Å². The van der Waals surface area contributed by atoms with E-state index in [1.54, 1.807) is 0 Å². The highest BCUT2D eigenvalue weighted by molar-refractivity contribution is 7.26. The average Bonchev–Trinajstić information content (AvgIpc) is 3.95. The van der Waals surface area contributed by atoms with Crippen LogP contribution in [0.4, 0.5) is 0 Å². The minimum atomic E-state index is 0.588. The van der Waals surface area contributed by atoms with Crippen LogP contribution in [0.25, 0.3) is 115 Å². The van der Waals surface area contributed by atoms with Gasteiger partial charge in [-0.3, -0.25) is 0 Å². The van der Waals surface area contributed by atoms with E-state index in [9.17, 15) is 0 Å². The Hall–Kier alpha value is -7.41. The summed E-state index contributed by atoms with van der Waals surface area (Å²) in [5, 5.41) is 7.18. The zero-order valence-electron chi connectivity index (χ0n) is 30.4. The maximum Gasteiger partial charge on any atom is 0.164 e. The summed E-state index contributed by atoms with van der Waals surface area (Å²) in [6, 6.07) is 63.8. The molecule has 0 aliphatic rings. The first kappa shape index (κ1) is 31.9. The van der Waals surface area contributed by atoms with Crippen LogP contribution >= 0.6 is 11.3 Å². The number of para-hydroxylation sites is 2. The first-order valence-electron chi connectivity index (χ1n) is 19.0. The monoisotopic (exact) mass is 746 g/mol. The lowest BCUT2D eigenvalue weighted by atomic mass is 10.0. The zero-order valence-corrected chi connectivity index (χ0v) is 31.2. The Kier molecular flexibility index (Phi) is 7.03. The third kappa shape index (κ3) is 5.12. The van der Waals surface area contributed by atoms with Crippen LogP contribution in [0.3, 0.4) is 0 Å². The van der Waals surface area contributed by atoms with Crippen molar-refractivity contribution in [2.45, 2.75) is 0 Å². The second-order valence-electron chi connectivity index (χ2n) is 14.4.